The number of hydrogen-bond donors (Lipinski definition) is 2. The van der Waals surface area contributed by atoms with Gasteiger partial charge in [-0.15, -0.1) is 5.10 Å². The number of amides is 4. The molecule has 31 heavy (non-hydrogen) atoms. The molecule has 1 aromatic rings. The van der Waals surface area contributed by atoms with Crippen molar-refractivity contribution in [3.8, 4) is 0 Å². The number of likely N-dealkylation sites (tertiary alicyclic amines) is 2. The molecular weight excluding hydrogens is 410 g/mol. The number of esters is 1. The fourth-order valence-corrected chi connectivity index (χ4v) is 4.28. The highest BCUT2D eigenvalue weighted by atomic mass is 16.5. The van der Waals surface area contributed by atoms with Crippen molar-refractivity contribution in [1.82, 2.24) is 24.8 Å². The number of carbonyl (C=O) groups excluding carboxylic acids is 5. The smallest absolute Gasteiger partial charge is 0.330 e. The maximum atomic E-state index is 13.2. The Bertz CT molecular complexity index is 920. The van der Waals surface area contributed by atoms with Crippen LogP contribution in [0.1, 0.15) is 53.2 Å². The van der Waals surface area contributed by atoms with Crippen LogP contribution >= 0.6 is 0 Å². The van der Waals surface area contributed by atoms with Crippen LogP contribution in [0, 0.1) is 5.92 Å². The molecule has 2 fully saturated rings. The van der Waals surface area contributed by atoms with Gasteiger partial charge in [-0.05, 0) is 19.3 Å². The van der Waals surface area contributed by atoms with Crippen LogP contribution in [0.3, 0.4) is 0 Å². The van der Waals surface area contributed by atoms with Gasteiger partial charge in [0.05, 0.1) is 13.2 Å². The minimum atomic E-state index is -1.08. The molecule has 2 aliphatic rings. The van der Waals surface area contributed by atoms with E-state index in [1.54, 1.807) is 4.90 Å². The Morgan fingerprint density at radius 1 is 1.00 bits per heavy atom. The predicted octanol–water partition coefficient (Wildman–Crippen LogP) is -1.95. The monoisotopic (exact) mass is 435 g/mol. The number of primary amides is 2. The van der Waals surface area contributed by atoms with Crippen molar-refractivity contribution in [3.63, 3.8) is 0 Å². The van der Waals surface area contributed by atoms with Gasteiger partial charge in [0, 0.05) is 32.5 Å². The molecule has 0 aromatic carbocycles. The van der Waals surface area contributed by atoms with Crippen molar-refractivity contribution in [2.24, 2.45) is 17.4 Å². The molecule has 2 atom stereocenters. The highest BCUT2D eigenvalue weighted by Crippen LogP contribution is 2.33. The Morgan fingerprint density at radius 3 is 2.16 bits per heavy atom. The number of methoxy groups -OCH3 is 1. The number of nitrogens with zero attached hydrogens (tertiary/aromatic N) is 5. The van der Waals surface area contributed by atoms with Crippen molar-refractivity contribution in [2.45, 2.75) is 38.3 Å². The zero-order valence-corrected chi connectivity index (χ0v) is 17.3. The van der Waals surface area contributed by atoms with Gasteiger partial charge in [0.15, 0.2) is 17.4 Å². The highest BCUT2D eigenvalue weighted by Gasteiger charge is 2.47. The number of aromatic nitrogens is 3. The van der Waals surface area contributed by atoms with E-state index in [0.717, 1.165) is 4.68 Å². The van der Waals surface area contributed by atoms with Gasteiger partial charge in [-0.25, -0.2) is 9.48 Å². The molecule has 13 heteroatoms. The van der Waals surface area contributed by atoms with Crippen molar-refractivity contribution in [2.75, 3.05) is 26.7 Å². The van der Waals surface area contributed by atoms with Crippen LogP contribution < -0.4 is 11.5 Å². The molecule has 2 unspecified atom stereocenters. The lowest BCUT2D eigenvalue weighted by atomic mass is 9.94. The molecule has 0 bridgehead atoms. The van der Waals surface area contributed by atoms with Gasteiger partial charge in [-0.1, -0.05) is 5.21 Å². The van der Waals surface area contributed by atoms with Gasteiger partial charge >= 0.3 is 5.97 Å². The summed E-state index contributed by atoms with van der Waals surface area (Å²) in [7, 11) is 1.19. The standard InChI is InChI=1S/C18H25N7O6/c1-9(26)23-6-3-10(4-7-23)17(29)24-8-5-11(13(24)18(30)31-2)25-14(16(20)28)12(15(19)27)21-22-25/h10-11,13H,3-8H2,1-2H3,(H2,19,27)(H2,20,28). The number of piperidine rings is 1. The number of carbonyl (C=O) groups is 5. The summed E-state index contributed by atoms with van der Waals surface area (Å²) in [4.78, 5) is 64.0. The third kappa shape index (κ3) is 4.07. The lowest BCUT2D eigenvalue weighted by Crippen LogP contribution is -2.49. The third-order valence-electron chi connectivity index (χ3n) is 5.86. The summed E-state index contributed by atoms with van der Waals surface area (Å²) in [5.41, 5.74) is 9.91. The molecule has 13 nitrogen and oxygen atoms in total. The van der Waals surface area contributed by atoms with Crippen molar-refractivity contribution < 1.29 is 28.7 Å². The van der Waals surface area contributed by atoms with E-state index in [0.29, 0.717) is 25.9 Å². The first-order valence-electron chi connectivity index (χ1n) is 9.86. The second-order valence-corrected chi connectivity index (χ2v) is 7.60. The fourth-order valence-electron chi connectivity index (χ4n) is 4.28. The van der Waals surface area contributed by atoms with Crippen LogP contribution in [-0.2, 0) is 19.1 Å². The number of ether oxygens (including phenoxy) is 1. The first-order chi connectivity index (χ1) is 14.7. The van der Waals surface area contributed by atoms with Gasteiger partial charge in [-0.2, -0.15) is 0 Å². The van der Waals surface area contributed by atoms with Gasteiger partial charge in [-0.3, -0.25) is 19.2 Å². The summed E-state index contributed by atoms with van der Waals surface area (Å²) in [6, 6.07) is -1.89. The van der Waals surface area contributed by atoms with E-state index in [2.05, 4.69) is 10.3 Å². The van der Waals surface area contributed by atoms with E-state index in [4.69, 9.17) is 16.2 Å². The van der Waals surface area contributed by atoms with Crippen LogP contribution in [0.15, 0.2) is 0 Å². The second kappa shape index (κ2) is 8.70. The molecule has 0 aliphatic carbocycles. The molecule has 0 spiro atoms. The lowest BCUT2D eigenvalue weighted by Gasteiger charge is -2.34. The van der Waals surface area contributed by atoms with Crippen molar-refractivity contribution >= 4 is 29.6 Å². The van der Waals surface area contributed by atoms with Crippen LogP contribution in [-0.4, -0.2) is 87.2 Å². The maximum Gasteiger partial charge on any atom is 0.330 e. The first-order valence-corrected chi connectivity index (χ1v) is 9.86. The molecule has 4 amide bonds. The van der Waals surface area contributed by atoms with Gasteiger partial charge in [0.2, 0.25) is 11.8 Å². The zero-order chi connectivity index (χ0) is 22.9. The molecule has 1 aromatic heterocycles. The Kier molecular flexibility index (Phi) is 6.22. The average Bonchev–Trinajstić information content (AvgIpc) is 3.37. The molecule has 3 rings (SSSR count). The molecule has 2 saturated heterocycles. The number of nitrogens with two attached hydrogens (primary N) is 2. The molecule has 0 radical (unpaired) electrons. The largest absolute Gasteiger partial charge is 0.467 e. The van der Waals surface area contributed by atoms with Crippen LogP contribution in [0.4, 0.5) is 0 Å². The topological polar surface area (TPSA) is 184 Å². The van der Waals surface area contributed by atoms with E-state index in [-0.39, 0.29) is 36.4 Å². The van der Waals surface area contributed by atoms with Crippen molar-refractivity contribution in [3.05, 3.63) is 11.4 Å². The van der Waals surface area contributed by atoms with E-state index >= 15 is 0 Å². The van der Waals surface area contributed by atoms with Crippen LogP contribution in [0.5, 0.6) is 0 Å². The minimum Gasteiger partial charge on any atom is -0.467 e. The summed E-state index contributed by atoms with van der Waals surface area (Å²) in [5, 5.41) is 7.45. The molecule has 4 N–H and O–H groups in total. The summed E-state index contributed by atoms with van der Waals surface area (Å²) < 4.78 is 5.98. The van der Waals surface area contributed by atoms with E-state index < -0.39 is 35.6 Å². The first kappa shape index (κ1) is 22.2. The van der Waals surface area contributed by atoms with E-state index in [1.807, 2.05) is 0 Å². The summed E-state index contributed by atoms with van der Waals surface area (Å²) in [6.45, 7) is 2.61. The Hall–Kier alpha value is -3.51. The molecule has 0 saturated carbocycles. The SMILES string of the molecule is COC(=O)C1C(n2nnc(C(N)=O)c2C(N)=O)CCN1C(=O)C1CCN(C(C)=O)CC1. The average molecular weight is 435 g/mol. The molecular formula is C18H25N7O6. The Labute approximate surface area is 177 Å². The highest BCUT2D eigenvalue weighted by molar-refractivity contribution is 6.03. The normalized spacial score (nSPS) is 21.7. The van der Waals surface area contributed by atoms with Gasteiger partial charge < -0.3 is 26.0 Å². The molecule has 2 aliphatic heterocycles. The lowest BCUT2D eigenvalue weighted by molar-refractivity contribution is -0.154. The quantitative estimate of drug-likeness (QED) is 0.500. The summed E-state index contributed by atoms with van der Waals surface area (Å²) >= 11 is 0. The second-order valence-electron chi connectivity index (χ2n) is 7.60. The zero-order valence-electron chi connectivity index (χ0n) is 17.3. The maximum absolute atomic E-state index is 13.2. The predicted molar refractivity (Wildman–Crippen MR) is 103 cm³/mol. The Morgan fingerprint density at radius 2 is 1.65 bits per heavy atom. The van der Waals surface area contributed by atoms with E-state index in [9.17, 15) is 24.0 Å². The summed E-state index contributed by atoms with van der Waals surface area (Å²) in [5.74, 6) is -3.30. The van der Waals surface area contributed by atoms with Gasteiger partial charge in [0.25, 0.3) is 11.8 Å². The fraction of sp³-hybridized carbons (Fsp3) is 0.611. The van der Waals surface area contributed by atoms with Crippen molar-refractivity contribution in [1.29, 1.82) is 0 Å². The number of rotatable bonds is 5. The van der Waals surface area contributed by atoms with Gasteiger partial charge in [0.1, 0.15) is 0 Å². The third-order valence-corrected chi connectivity index (χ3v) is 5.86. The molecule has 168 valence electrons. The molecule has 3 heterocycles. The number of hydrogen-bond acceptors (Lipinski definition) is 8. The van der Waals surface area contributed by atoms with E-state index in [1.165, 1.54) is 18.9 Å². The summed E-state index contributed by atoms with van der Waals surface area (Å²) in [6.07, 6.45) is 1.23. The van der Waals surface area contributed by atoms with Crippen LogP contribution in [0.25, 0.3) is 0 Å². The van der Waals surface area contributed by atoms with Crippen LogP contribution in [0.2, 0.25) is 0 Å². The Balaban J connectivity index is 1.88. The minimum absolute atomic E-state index is 0.0463.